The van der Waals surface area contributed by atoms with Gasteiger partial charge in [-0.05, 0) is 45.7 Å². The molecule has 19 heavy (non-hydrogen) atoms. The summed E-state index contributed by atoms with van der Waals surface area (Å²) in [5.41, 5.74) is 0. The third kappa shape index (κ3) is 4.02. The van der Waals surface area contributed by atoms with E-state index in [9.17, 15) is 4.79 Å². The summed E-state index contributed by atoms with van der Waals surface area (Å²) in [4.78, 5) is 14.3. The smallest absolute Gasteiger partial charge is 0.244 e. The molecule has 2 rings (SSSR count). The monoisotopic (exact) mass is 265 g/mol. The number of hydrogen-bond donors (Lipinski definition) is 1. The zero-order valence-electron chi connectivity index (χ0n) is 11.7. The van der Waals surface area contributed by atoms with Crippen LogP contribution in [0.1, 0.15) is 26.7 Å². The number of hydrogen-bond acceptors (Lipinski definition) is 4. The quantitative estimate of drug-likeness (QED) is 0.843. The average molecular weight is 265 g/mol. The molecular formula is C13H23N5O. The van der Waals surface area contributed by atoms with E-state index in [-0.39, 0.29) is 18.5 Å². The fraction of sp³-hybridized carbons (Fsp3) is 0.769. The van der Waals surface area contributed by atoms with Gasteiger partial charge < -0.3 is 10.2 Å². The molecule has 0 aliphatic carbocycles. The van der Waals surface area contributed by atoms with Crippen molar-refractivity contribution in [3.63, 3.8) is 0 Å². The van der Waals surface area contributed by atoms with Gasteiger partial charge in [0, 0.05) is 18.8 Å². The van der Waals surface area contributed by atoms with Gasteiger partial charge in [0.1, 0.15) is 6.54 Å². The number of piperidine rings is 1. The molecule has 1 N–H and O–H groups in total. The van der Waals surface area contributed by atoms with Crippen LogP contribution >= 0.6 is 0 Å². The van der Waals surface area contributed by atoms with Crippen LogP contribution in [0, 0.1) is 5.92 Å². The van der Waals surface area contributed by atoms with Crippen LogP contribution in [-0.4, -0.2) is 51.5 Å². The Balaban J connectivity index is 1.92. The second-order valence-electron chi connectivity index (χ2n) is 5.43. The lowest BCUT2D eigenvalue weighted by Crippen LogP contribution is -2.44. The van der Waals surface area contributed by atoms with Crippen LogP contribution in [0.3, 0.4) is 0 Å². The highest BCUT2D eigenvalue weighted by atomic mass is 16.2. The topological polar surface area (TPSA) is 63.1 Å². The van der Waals surface area contributed by atoms with E-state index in [1.807, 2.05) is 4.90 Å². The van der Waals surface area contributed by atoms with E-state index < -0.39 is 0 Å². The van der Waals surface area contributed by atoms with Gasteiger partial charge in [-0.3, -0.25) is 4.79 Å². The first-order valence-corrected chi connectivity index (χ1v) is 7.01. The van der Waals surface area contributed by atoms with E-state index in [0.29, 0.717) is 5.92 Å². The van der Waals surface area contributed by atoms with Gasteiger partial charge in [0.05, 0.1) is 6.20 Å². The Kier molecular flexibility index (Phi) is 4.90. The highest BCUT2D eigenvalue weighted by molar-refractivity contribution is 5.76. The molecule has 1 saturated heterocycles. The number of nitrogens with one attached hydrogen (secondary N) is 1. The van der Waals surface area contributed by atoms with Gasteiger partial charge in [-0.15, -0.1) is 5.10 Å². The lowest BCUT2D eigenvalue weighted by atomic mass is 9.97. The Labute approximate surface area is 114 Å². The first kappa shape index (κ1) is 14.0. The third-order valence-electron chi connectivity index (χ3n) is 3.63. The van der Waals surface area contributed by atoms with Crippen molar-refractivity contribution in [3.8, 4) is 0 Å². The Morgan fingerprint density at radius 3 is 2.79 bits per heavy atom. The van der Waals surface area contributed by atoms with Gasteiger partial charge >= 0.3 is 0 Å². The predicted octanol–water partition coefficient (Wildman–Crippen LogP) is 0.515. The Bertz CT molecular complexity index is 384. The molecule has 0 spiro atoms. The predicted molar refractivity (Wildman–Crippen MR) is 72.5 cm³/mol. The van der Waals surface area contributed by atoms with Gasteiger partial charge in [-0.2, -0.15) is 0 Å². The minimum absolute atomic E-state index is 0.124. The number of rotatable bonds is 5. The number of carbonyl (C=O) groups excluding carboxylic acids is 1. The molecule has 1 aliphatic heterocycles. The van der Waals surface area contributed by atoms with Gasteiger partial charge in [-0.25, -0.2) is 4.68 Å². The zero-order valence-corrected chi connectivity index (χ0v) is 11.7. The van der Waals surface area contributed by atoms with Gasteiger partial charge in [0.25, 0.3) is 0 Å². The van der Waals surface area contributed by atoms with Crippen molar-refractivity contribution in [2.75, 3.05) is 19.6 Å². The van der Waals surface area contributed by atoms with Crippen LogP contribution in [-0.2, 0) is 11.3 Å². The summed E-state index contributed by atoms with van der Waals surface area (Å²) in [6, 6.07) is 0.228. The maximum absolute atomic E-state index is 12.3. The summed E-state index contributed by atoms with van der Waals surface area (Å²) in [6.07, 6.45) is 5.63. The average Bonchev–Trinajstić information content (AvgIpc) is 2.89. The SMILES string of the molecule is CC(C)N(CC1CCNCC1)C(=O)Cn1ccnn1. The van der Waals surface area contributed by atoms with E-state index >= 15 is 0 Å². The highest BCUT2D eigenvalue weighted by Crippen LogP contribution is 2.15. The highest BCUT2D eigenvalue weighted by Gasteiger charge is 2.23. The van der Waals surface area contributed by atoms with Crippen LogP contribution in [0.4, 0.5) is 0 Å². The molecule has 6 nitrogen and oxygen atoms in total. The Morgan fingerprint density at radius 2 is 2.21 bits per heavy atom. The molecule has 1 fully saturated rings. The van der Waals surface area contributed by atoms with Crippen LogP contribution in [0.2, 0.25) is 0 Å². The second kappa shape index (κ2) is 6.65. The van der Waals surface area contributed by atoms with Crippen molar-refractivity contribution >= 4 is 5.91 Å². The van der Waals surface area contributed by atoms with Crippen molar-refractivity contribution < 1.29 is 4.79 Å². The van der Waals surface area contributed by atoms with E-state index in [1.54, 1.807) is 17.1 Å². The number of aromatic nitrogens is 3. The lowest BCUT2D eigenvalue weighted by Gasteiger charge is -2.32. The molecule has 1 amide bonds. The molecule has 1 aromatic heterocycles. The van der Waals surface area contributed by atoms with Crippen molar-refractivity contribution in [3.05, 3.63) is 12.4 Å². The summed E-state index contributed by atoms with van der Waals surface area (Å²) in [7, 11) is 0. The maximum atomic E-state index is 12.3. The minimum atomic E-state index is 0.124. The molecule has 0 radical (unpaired) electrons. The molecule has 2 heterocycles. The molecule has 0 aromatic carbocycles. The lowest BCUT2D eigenvalue weighted by molar-refractivity contribution is -0.134. The number of carbonyl (C=O) groups is 1. The normalized spacial score (nSPS) is 16.8. The van der Waals surface area contributed by atoms with E-state index in [2.05, 4.69) is 29.5 Å². The molecule has 106 valence electrons. The summed E-state index contributed by atoms with van der Waals surface area (Å²) in [6.45, 7) is 7.40. The van der Waals surface area contributed by atoms with Gasteiger partial charge in [-0.1, -0.05) is 5.21 Å². The number of nitrogens with zero attached hydrogens (tertiary/aromatic N) is 4. The van der Waals surface area contributed by atoms with Crippen molar-refractivity contribution in [2.45, 2.75) is 39.3 Å². The molecule has 0 saturated carbocycles. The molecule has 1 aliphatic rings. The van der Waals surface area contributed by atoms with Crippen molar-refractivity contribution in [1.29, 1.82) is 0 Å². The first-order chi connectivity index (χ1) is 9.16. The summed E-state index contributed by atoms with van der Waals surface area (Å²) >= 11 is 0. The fourth-order valence-electron chi connectivity index (χ4n) is 2.49. The molecule has 0 unspecified atom stereocenters. The molecule has 0 bridgehead atoms. The number of amides is 1. The van der Waals surface area contributed by atoms with Gasteiger partial charge in [0.2, 0.25) is 5.91 Å². The van der Waals surface area contributed by atoms with Gasteiger partial charge in [0.15, 0.2) is 0 Å². The molecular weight excluding hydrogens is 242 g/mol. The Hall–Kier alpha value is -1.43. The zero-order chi connectivity index (χ0) is 13.7. The molecule has 6 heteroatoms. The molecule has 1 aromatic rings. The summed E-state index contributed by atoms with van der Waals surface area (Å²) in [5, 5.41) is 10.9. The summed E-state index contributed by atoms with van der Waals surface area (Å²) in [5.74, 6) is 0.738. The van der Waals surface area contributed by atoms with Crippen molar-refractivity contribution in [1.82, 2.24) is 25.2 Å². The minimum Gasteiger partial charge on any atom is -0.338 e. The first-order valence-electron chi connectivity index (χ1n) is 7.01. The van der Waals surface area contributed by atoms with E-state index in [1.165, 1.54) is 0 Å². The van der Waals surface area contributed by atoms with Crippen LogP contribution in [0.25, 0.3) is 0 Å². The maximum Gasteiger partial charge on any atom is 0.244 e. The third-order valence-corrected chi connectivity index (χ3v) is 3.63. The van der Waals surface area contributed by atoms with Crippen molar-refractivity contribution in [2.24, 2.45) is 5.92 Å². The van der Waals surface area contributed by atoms with E-state index in [4.69, 9.17) is 0 Å². The largest absolute Gasteiger partial charge is 0.338 e. The second-order valence-corrected chi connectivity index (χ2v) is 5.43. The van der Waals surface area contributed by atoms with Crippen LogP contribution in [0.15, 0.2) is 12.4 Å². The standard InChI is InChI=1S/C13H23N5O/c1-11(2)18(9-12-3-5-14-6-4-12)13(19)10-17-8-7-15-16-17/h7-8,11-12,14H,3-6,9-10H2,1-2H3. The van der Waals surface area contributed by atoms with Crippen LogP contribution in [0.5, 0.6) is 0 Å². The van der Waals surface area contributed by atoms with Crippen LogP contribution < -0.4 is 5.32 Å². The fourth-order valence-corrected chi connectivity index (χ4v) is 2.49. The molecule has 0 atom stereocenters. The Morgan fingerprint density at radius 1 is 1.47 bits per heavy atom. The van der Waals surface area contributed by atoms with E-state index in [0.717, 1.165) is 32.5 Å². The summed E-state index contributed by atoms with van der Waals surface area (Å²) < 4.78 is 1.58.